The van der Waals surface area contributed by atoms with E-state index >= 15 is 0 Å². The summed E-state index contributed by atoms with van der Waals surface area (Å²) in [6, 6.07) is 5.27. The van der Waals surface area contributed by atoms with Crippen LogP contribution in [0.3, 0.4) is 0 Å². The smallest absolute Gasteiger partial charge is 0.191 e. The second-order valence-corrected chi connectivity index (χ2v) is 8.24. The average Bonchev–Trinajstić information content (AvgIpc) is 3.45. The zero-order valence-corrected chi connectivity index (χ0v) is 18.3. The third kappa shape index (κ3) is 5.75. The molecule has 170 valence electrons. The number of hydrogen-bond donors (Lipinski definition) is 3. The number of nitrogens with zero attached hydrogens (tertiary/aromatic N) is 2. The van der Waals surface area contributed by atoms with Gasteiger partial charge in [-0.2, -0.15) is 0 Å². The van der Waals surface area contributed by atoms with E-state index < -0.39 is 0 Å². The molecule has 0 spiro atoms. The fourth-order valence-electron chi connectivity index (χ4n) is 4.54. The molecule has 2 unspecified atom stereocenters. The maximum absolute atomic E-state index is 13.4. The van der Waals surface area contributed by atoms with Crippen molar-refractivity contribution in [3.63, 3.8) is 0 Å². The quantitative estimate of drug-likeness (QED) is 0.441. The maximum Gasteiger partial charge on any atom is 0.191 e. The third-order valence-electron chi connectivity index (χ3n) is 6.22. The van der Waals surface area contributed by atoms with Gasteiger partial charge in [0.2, 0.25) is 0 Å². The summed E-state index contributed by atoms with van der Waals surface area (Å²) in [4.78, 5) is 10.6. The van der Waals surface area contributed by atoms with Gasteiger partial charge in [-0.3, -0.25) is 9.89 Å². The normalized spacial score (nSPS) is 21.5. The van der Waals surface area contributed by atoms with Crippen LogP contribution in [0.2, 0.25) is 0 Å². The molecule has 2 saturated heterocycles. The number of H-pyrrole nitrogens is 1. The van der Waals surface area contributed by atoms with Crippen LogP contribution in [-0.4, -0.2) is 81.0 Å². The van der Waals surface area contributed by atoms with Crippen LogP contribution in [-0.2, 0) is 15.9 Å². The summed E-state index contributed by atoms with van der Waals surface area (Å²) in [7, 11) is 0. The molecule has 0 radical (unpaired) electrons. The highest BCUT2D eigenvalue weighted by Crippen LogP contribution is 2.23. The van der Waals surface area contributed by atoms with Crippen molar-refractivity contribution in [2.45, 2.75) is 25.8 Å². The number of benzene rings is 1. The minimum atomic E-state index is -0.219. The van der Waals surface area contributed by atoms with E-state index in [1.165, 1.54) is 17.7 Å². The van der Waals surface area contributed by atoms with Crippen molar-refractivity contribution in [3.05, 3.63) is 35.8 Å². The summed E-state index contributed by atoms with van der Waals surface area (Å²) < 4.78 is 24.6. The van der Waals surface area contributed by atoms with Crippen molar-refractivity contribution >= 4 is 16.9 Å². The Labute approximate surface area is 183 Å². The lowest BCUT2D eigenvalue weighted by molar-refractivity contribution is 0.00368. The van der Waals surface area contributed by atoms with E-state index in [-0.39, 0.29) is 5.82 Å². The van der Waals surface area contributed by atoms with E-state index in [1.807, 2.05) is 12.3 Å². The fourth-order valence-corrected chi connectivity index (χ4v) is 4.54. The molecular weight excluding hydrogens is 397 g/mol. The van der Waals surface area contributed by atoms with Gasteiger partial charge >= 0.3 is 0 Å². The molecule has 2 atom stereocenters. The molecule has 0 amide bonds. The van der Waals surface area contributed by atoms with Crippen LogP contribution >= 0.6 is 0 Å². The van der Waals surface area contributed by atoms with Crippen LogP contribution in [0.15, 0.2) is 29.4 Å². The highest BCUT2D eigenvalue weighted by atomic mass is 19.1. The van der Waals surface area contributed by atoms with Crippen LogP contribution in [0.1, 0.15) is 18.9 Å². The van der Waals surface area contributed by atoms with E-state index in [4.69, 9.17) is 14.5 Å². The van der Waals surface area contributed by atoms with Gasteiger partial charge in [0.05, 0.1) is 26.4 Å². The fraction of sp³-hybridized carbons (Fsp3) is 0.609. The molecule has 2 aliphatic rings. The highest BCUT2D eigenvalue weighted by molar-refractivity contribution is 5.83. The van der Waals surface area contributed by atoms with Gasteiger partial charge in [-0.15, -0.1) is 0 Å². The number of hydrogen-bond acceptors (Lipinski definition) is 4. The van der Waals surface area contributed by atoms with Crippen LogP contribution < -0.4 is 10.6 Å². The average molecular weight is 432 g/mol. The second kappa shape index (κ2) is 10.9. The molecule has 0 aliphatic carbocycles. The first kappa shape index (κ1) is 22.0. The van der Waals surface area contributed by atoms with Crippen molar-refractivity contribution in [1.82, 2.24) is 20.5 Å². The number of rotatable bonds is 8. The maximum atomic E-state index is 13.4. The lowest BCUT2D eigenvalue weighted by Gasteiger charge is -2.36. The van der Waals surface area contributed by atoms with Crippen molar-refractivity contribution in [2.24, 2.45) is 10.9 Å². The summed E-state index contributed by atoms with van der Waals surface area (Å²) >= 11 is 0. The van der Waals surface area contributed by atoms with E-state index in [0.717, 1.165) is 88.9 Å². The predicted octanol–water partition coefficient (Wildman–Crippen LogP) is 2.14. The standard InChI is InChI=1S/C23H34FN5O2/c1-2-25-23(26-7-5-17-14-27-21-13-19(24)3-4-20(17)21)28-15-22(18-6-10-31-16-18)29-8-11-30-12-9-29/h3-4,13-14,18,22,27H,2,5-12,15-16H2,1H3,(H2,25,26,28). The summed E-state index contributed by atoms with van der Waals surface area (Å²) in [6.45, 7) is 9.57. The molecular formula is C23H34FN5O2. The molecule has 2 fully saturated rings. The van der Waals surface area contributed by atoms with Crippen molar-refractivity contribution in [2.75, 3.05) is 59.2 Å². The summed E-state index contributed by atoms with van der Waals surface area (Å²) in [6.07, 6.45) is 3.90. The SMILES string of the molecule is CCNC(=NCC(C1CCOC1)N1CCOCC1)NCCc1c[nH]c2cc(F)ccc12. The van der Waals surface area contributed by atoms with Crippen molar-refractivity contribution < 1.29 is 13.9 Å². The number of halogens is 1. The van der Waals surface area contributed by atoms with Gasteiger partial charge in [-0.1, -0.05) is 0 Å². The Bertz CT molecular complexity index is 859. The first-order valence-electron chi connectivity index (χ1n) is 11.4. The first-order chi connectivity index (χ1) is 15.2. The Morgan fingerprint density at radius 3 is 2.90 bits per heavy atom. The third-order valence-corrected chi connectivity index (χ3v) is 6.22. The number of aromatic nitrogens is 1. The number of nitrogens with one attached hydrogen (secondary N) is 3. The zero-order chi connectivity index (χ0) is 21.5. The van der Waals surface area contributed by atoms with Crippen molar-refractivity contribution in [3.8, 4) is 0 Å². The lowest BCUT2D eigenvalue weighted by Crippen LogP contribution is -2.49. The molecule has 7 nitrogen and oxygen atoms in total. The minimum Gasteiger partial charge on any atom is -0.381 e. The number of morpholine rings is 1. The van der Waals surface area contributed by atoms with Crippen LogP contribution in [0.5, 0.6) is 0 Å². The molecule has 3 heterocycles. The largest absolute Gasteiger partial charge is 0.381 e. The number of aliphatic imine (C=N–C) groups is 1. The Kier molecular flexibility index (Phi) is 7.77. The van der Waals surface area contributed by atoms with Crippen molar-refractivity contribution in [1.29, 1.82) is 0 Å². The Balaban J connectivity index is 1.36. The molecule has 1 aromatic heterocycles. The van der Waals surface area contributed by atoms with Gasteiger partial charge in [-0.05, 0) is 43.5 Å². The Morgan fingerprint density at radius 2 is 2.13 bits per heavy atom. The van der Waals surface area contributed by atoms with Gasteiger partial charge < -0.3 is 25.1 Å². The van der Waals surface area contributed by atoms with Gasteiger partial charge in [0.15, 0.2) is 5.96 Å². The monoisotopic (exact) mass is 431 g/mol. The van der Waals surface area contributed by atoms with E-state index in [2.05, 4.69) is 27.4 Å². The Morgan fingerprint density at radius 1 is 1.26 bits per heavy atom. The summed E-state index contributed by atoms with van der Waals surface area (Å²) in [5.41, 5.74) is 2.01. The Hall–Kier alpha value is -2.16. The van der Waals surface area contributed by atoms with E-state index in [1.54, 1.807) is 0 Å². The minimum absolute atomic E-state index is 0.219. The first-order valence-corrected chi connectivity index (χ1v) is 11.4. The highest BCUT2D eigenvalue weighted by Gasteiger charge is 2.31. The summed E-state index contributed by atoms with van der Waals surface area (Å²) in [5.74, 6) is 1.14. The predicted molar refractivity (Wildman–Crippen MR) is 121 cm³/mol. The molecule has 31 heavy (non-hydrogen) atoms. The number of guanidine groups is 1. The molecule has 2 aliphatic heterocycles. The van der Waals surface area contributed by atoms with Gasteiger partial charge in [0, 0.05) is 61.8 Å². The number of ether oxygens (including phenoxy) is 2. The topological polar surface area (TPSA) is 73.9 Å². The van der Waals surface area contributed by atoms with Gasteiger partial charge in [-0.25, -0.2) is 4.39 Å². The van der Waals surface area contributed by atoms with Gasteiger partial charge in [0.1, 0.15) is 5.82 Å². The number of fused-ring (bicyclic) bond motifs is 1. The molecule has 0 bridgehead atoms. The lowest BCUT2D eigenvalue weighted by atomic mass is 9.97. The molecule has 3 N–H and O–H groups in total. The second-order valence-electron chi connectivity index (χ2n) is 8.24. The van der Waals surface area contributed by atoms with Crippen LogP contribution in [0, 0.1) is 11.7 Å². The molecule has 1 aromatic carbocycles. The zero-order valence-electron chi connectivity index (χ0n) is 18.3. The van der Waals surface area contributed by atoms with Crippen LogP contribution in [0.25, 0.3) is 10.9 Å². The van der Waals surface area contributed by atoms with E-state index in [0.29, 0.717) is 12.0 Å². The molecule has 4 rings (SSSR count). The molecule has 0 saturated carbocycles. The molecule has 8 heteroatoms. The number of aromatic amines is 1. The van der Waals surface area contributed by atoms with Crippen LogP contribution in [0.4, 0.5) is 4.39 Å². The molecule has 2 aromatic rings. The summed E-state index contributed by atoms with van der Waals surface area (Å²) in [5, 5.41) is 7.89. The van der Waals surface area contributed by atoms with E-state index in [9.17, 15) is 4.39 Å². The van der Waals surface area contributed by atoms with Gasteiger partial charge in [0.25, 0.3) is 0 Å².